The van der Waals surface area contributed by atoms with Crippen molar-refractivity contribution in [1.82, 2.24) is 10.6 Å². The third kappa shape index (κ3) is 4.36. The molecule has 6 nitrogen and oxygen atoms in total. The van der Waals surface area contributed by atoms with E-state index in [9.17, 15) is 14.4 Å². The maximum atomic E-state index is 11.6. The van der Waals surface area contributed by atoms with Crippen LogP contribution in [0.5, 0.6) is 5.75 Å². The number of hydrogen-bond acceptors (Lipinski definition) is 4. The zero-order valence-electron chi connectivity index (χ0n) is 10.4. The number of aldehydes is 1. The summed E-state index contributed by atoms with van der Waals surface area (Å²) in [5, 5.41) is 4.36. The van der Waals surface area contributed by atoms with Gasteiger partial charge in [-0.25, -0.2) is 4.79 Å². The number of hydrogen-bond donors (Lipinski definition) is 2. The molecular formula is C12H13BrN2O4. The summed E-state index contributed by atoms with van der Waals surface area (Å²) in [6, 6.07) is 4.15. The molecule has 7 heteroatoms. The third-order valence-corrected chi connectivity index (χ3v) is 2.96. The lowest BCUT2D eigenvalue weighted by Gasteiger charge is -2.14. The predicted octanol–water partition coefficient (Wildman–Crippen LogP) is 1.48. The van der Waals surface area contributed by atoms with Crippen LogP contribution < -0.4 is 15.4 Å². The Bertz CT molecular complexity index is 505. The largest absolute Gasteiger partial charge is 0.481 e. The number of nitrogens with one attached hydrogen (secondary N) is 2. The van der Waals surface area contributed by atoms with E-state index in [1.54, 1.807) is 12.1 Å². The highest BCUT2D eigenvalue weighted by molar-refractivity contribution is 9.10. The summed E-state index contributed by atoms with van der Waals surface area (Å²) >= 11 is 3.21. The molecule has 0 saturated heterocycles. The highest BCUT2D eigenvalue weighted by Crippen LogP contribution is 2.21. The van der Waals surface area contributed by atoms with E-state index >= 15 is 0 Å². The molecule has 1 atom stereocenters. The second-order valence-electron chi connectivity index (χ2n) is 3.63. The van der Waals surface area contributed by atoms with Crippen LogP contribution in [-0.4, -0.2) is 31.4 Å². The normalized spacial score (nSPS) is 11.3. The summed E-state index contributed by atoms with van der Waals surface area (Å²) < 4.78 is 5.98. The number of benzene rings is 1. The van der Waals surface area contributed by atoms with Crippen molar-refractivity contribution in [2.75, 3.05) is 7.05 Å². The van der Waals surface area contributed by atoms with E-state index in [0.29, 0.717) is 22.1 Å². The zero-order chi connectivity index (χ0) is 14.4. The van der Waals surface area contributed by atoms with Crippen molar-refractivity contribution in [2.45, 2.75) is 13.0 Å². The smallest absolute Gasteiger partial charge is 0.321 e. The molecule has 1 aromatic rings. The fourth-order valence-corrected chi connectivity index (χ4v) is 1.56. The third-order valence-electron chi connectivity index (χ3n) is 2.24. The zero-order valence-corrected chi connectivity index (χ0v) is 12.0. The van der Waals surface area contributed by atoms with Gasteiger partial charge in [-0.2, -0.15) is 0 Å². The van der Waals surface area contributed by atoms with Gasteiger partial charge in [-0.3, -0.25) is 14.9 Å². The maximum absolute atomic E-state index is 11.6. The Morgan fingerprint density at radius 2 is 2.11 bits per heavy atom. The Labute approximate surface area is 118 Å². The monoisotopic (exact) mass is 328 g/mol. The van der Waals surface area contributed by atoms with Crippen LogP contribution in [0.1, 0.15) is 17.3 Å². The van der Waals surface area contributed by atoms with Gasteiger partial charge in [0.15, 0.2) is 12.4 Å². The first-order chi connectivity index (χ1) is 8.97. The van der Waals surface area contributed by atoms with Crippen LogP contribution in [0.3, 0.4) is 0 Å². The van der Waals surface area contributed by atoms with E-state index in [2.05, 4.69) is 26.6 Å². The van der Waals surface area contributed by atoms with Gasteiger partial charge in [0.2, 0.25) is 0 Å². The van der Waals surface area contributed by atoms with Gasteiger partial charge in [-0.1, -0.05) is 15.9 Å². The molecule has 0 fully saturated rings. The topological polar surface area (TPSA) is 84.5 Å². The fraction of sp³-hybridized carbons (Fsp3) is 0.250. The first-order valence-electron chi connectivity index (χ1n) is 5.42. The van der Waals surface area contributed by atoms with E-state index < -0.39 is 18.0 Å². The number of imide groups is 1. The van der Waals surface area contributed by atoms with Crippen molar-refractivity contribution >= 4 is 34.2 Å². The molecule has 3 amide bonds. The summed E-state index contributed by atoms with van der Waals surface area (Å²) in [7, 11) is 1.40. The van der Waals surface area contributed by atoms with Crippen molar-refractivity contribution in [3.8, 4) is 5.75 Å². The van der Waals surface area contributed by atoms with Crippen molar-refractivity contribution in [1.29, 1.82) is 0 Å². The van der Waals surface area contributed by atoms with Crippen molar-refractivity contribution < 1.29 is 19.1 Å². The van der Waals surface area contributed by atoms with Crippen LogP contribution >= 0.6 is 15.9 Å². The van der Waals surface area contributed by atoms with Gasteiger partial charge in [0.1, 0.15) is 5.75 Å². The van der Waals surface area contributed by atoms with Crippen LogP contribution in [0, 0.1) is 0 Å². The molecule has 1 aromatic carbocycles. The van der Waals surface area contributed by atoms with Crippen LogP contribution in [0.25, 0.3) is 0 Å². The predicted molar refractivity (Wildman–Crippen MR) is 72.2 cm³/mol. The molecule has 19 heavy (non-hydrogen) atoms. The SMILES string of the molecule is CNC(=O)NC(=O)C(C)Oc1ccc(Br)c(C=O)c1. The summed E-state index contributed by atoms with van der Waals surface area (Å²) in [4.78, 5) is 33.3. The van der Waals surface area contributed by atoms with E-state index in [1.807, 2.05) is 0 Å². The molecule has 2 N–H and O–H groups in total. The second-order valence-corrected chi connectivity index (χ2v) is 4.48. The minimum atomic E-state index is -0.863. The number of halogens is 1. The molecule has 0 aliphatic carbocycles. The van der Waals surface area contributed by atoms with E-state index in [-0.39, 0.29) is 0 Å². The first kappa shape index (κ1) is 15.2. The summed E-state index contributed by atoms with van der Waals surface area (Å²) in [6.07, 6.45) is -0.190. The van der Waals surface area contributed by atoms with Crippen molar-refractivity contribution in [3.63, 3.8) is 0 Å². The molecule has 0 radical (unpaired) electrons. The number of rotatable bonds is 4. The highest BCUT2D eigenvalue weighted by Gasteiger charge is 2.17. The maximum Gasteiger partial charge on any atom is 0.321 e. The number of carbonyl (C=O) groups excluding carboxylic acids is 3. The standard InChI is InChI=1S/C12H13BrN2O4/c1-7(11(17)15-12(18)14-2)19-9-3-4-10(13)8(5-9)6-16/h3-7H,1-2H3,(H2,14,15,17,18). The Kier molecular flexibility index (Phi) is 5.50. The molecular weight excluding hydrogens is 316 g/mol. The van der Waals surface area contributed by atoms with E-state index in [4.69, 9.17) is 4.74 Å². The first-order valence-corrected chi connectivity index (χ1v) is 6.21. The fourth-order valence-electron chi connectivity index (χ4n) is 1.22. The number of carbonyl (C=O) groups is 3. The second kappa shape index (κ2) is 6.89. The molecule has 0 aliphatic rings. The minimum absolute atomic E-state index is 0.366. The summed E-state index contributed by atoms with van der Waals surface area (Å²) in [6.45, 7) is 1.50. The summed E-state index contributed by atoms with van der Waals surface area (Å²) in [5.41, 5.74) is 0.413. The highest BCUT2D eigenvalue weighted by atomic mass is 79.9. The Morgan fingerprint density at radius 1 is 1.42 bits per heavy atom. The van der Waals surface area contributed by atoms with Crippen LogP contribution in [0.4, 0.5) is 4.79 Å². The van der Waals surface area contributed by atoms with Gasteiger partial charge in [-0.15, -0.1) is 0 Å². The average Bonchev–Trinajstić information content (AvgIpc) is 2.40. The lowest BCUT2D eigenvalue weighted by molar-refractivity contribution is -0.126. The molecule has 0 heterocycles. The minimum Gasteiger partial charge on any atom is -0.481 e. The molecule has 0 saturated carbocycles. The molecule has 1 unspecified atom stereocenters. The molecule has 0 bridgehead atoms. The van der Waals surface area contributed by atoms with Gasteiger partial charge in [0, 0.05) is 17.1 Å². The van der Waals surface area contributed by atoms with Gasteiger partial charge in [0.05, 0.1) is 0 Å². The van der Waals surface area contributed by atoms with Crippen LogP contribution in [-0.2, 0) is 4.79 Å². The number of urea groups is 1. The van der Waals surface area contributed by atoms with Crippen molar-refractivity contribution in [3.05, 3.63) is 28.2 Å². The van der Waals surface area contributed by atoms with Gasteiger partial charge in [0.25, 0.3) is 5.91 Å². The quantitative estimate of drug-likeness (QED) is 0.820. The van der Waals surface area contributed by atoms with Gasteiger partial charge >= 0.3 is 6.03 Å². The lowest BCUT2D eigenvalue weighted by Crippen LogP contribution is -2.43. The molecule has 0 aromatic heterocycles. The average molecular weight is 329 g/mol. The molecule has 102 valence electrons. The lowest BCUT2D eigenvalue weighted by atomic mass is 10.2. The molecule has 1 rings (SSSR count). The van der Waals surface area contributed by atoms with Crippen molar-refractivity contribution in [2.24, 2.45) is 0 Å². The molecule has 0 aliphatic heterocycles. The Hall–Kier alpha value is -1.89. The Balaban J connectivity index is 2.71. The Morgan fingerprint density at radius 3 is 2.68 bits per heavy atom. The van der Waals surface area contributed by atoms with Gasteiger partial charge in [-0.05, 0) is 25.1 Å². The van der Waals surface area contributed by atoms with Crippen LogP contribution in [0.2, 0.25) is 0 Å². The van der Waals surface area contributed by atoms with E-state index in [0.717, 1.165) is 0 Å². The number of ether oxygens (including phenoxy) is 1. The van der Waals surface area contributed by atoms with Gasteiger partial charge < -0.3 is 10.1 Å². The van der Waals surface area contributed by atoms with E-state index in [1.165, 1.54) is 20.0 Å². The van der Waals surface area contributed by atoms with Crippen LogP contribution in [0.15, 0.2) is 22.7 Å². The number of amides is 3. The summed E-state index contributed by atoms with van der Waals surface area (Å²) in [5.74, 6) is -0.209. The molecule has 0 spiro atoms.